The van der Waals surface area contributed by atoms with E-state index in [0.717, 1.165) is 25.7 Å². The van der Waals surface area contributed by atoms with Crippen molar-refractivity contribution in [2.24, 2.45) is 11.8 Å². The maximum atomic E-state index is 13.4. The Morgan fingerprint density at radius 1 is 1.06 bits per heavy atom. The first-order chi connectivity index (χ1) is 15.3. The zero-order chi connectivity index (χ0) is 26.2. The van der Waals surface area contributed by atoms with Gasteiger partial charge in [-0.05, 0) is 44.4 Å². The van der Waals surface area contributed by atoms with Crippen LogP contribution in [0.3, 0.4) is 0 Å². The molecule has 2 bridgehead atoms. The Hall–Kier alpha value is -1.83. The second kappa shape index (κ2) is 9.67. The molecule has 1 N–H and O–H groups in total. The number of carbonyl (C=O) groups excluding carboxylic acids is 2. The number of rotatable bonds is 8. The third kappa shape index (κ3) is 6.64. The highest BCUT2D eigenvalue weighted by molar-refractivity contribution is 7.85. The van der Waals surface area contributed by atoms with Gasteiger partial charge in [-0.1, -0.05) is 25.8 Å². The first-order valence-electron chi connectivity index (χ1n) is 10.5. The SMILES string of the molecule is C=C(C)C(=O)OC1(CCC(=O)OC(CS(=O)(=O)O)(C(F)(F)F)C(F)(F)F)CC2CCCC(C2)C1. The van der Waals surface area contributed by atoms with Gasteiger partial charge in [0.2, 0.25) is 0 Å². The van der Waals surface area contributed by atoms with E-state index in [-0.39, 0.29) is 30.3 Å². The number of alkyl halides is 6. The highest BCUT2D eigenvalue weighted by Gasteiger charge is 2.75. The average Bonchev–Trinajstić information content (AvgIpc) is 2.62. The maximum absolute atomic E-state index is 13.4. The lowest BCUT2D eigenvalue weighted by Gasteiger charge is -2.46. The van der Waals surface area contributed by atoms with Gasteiger partial charge in [0.25, 0.3) is 10.1 Å². The molecule has 0 heterocycles. The third-order valence-corrected chi connectivity index (χ3v) is 7.02. The van der Waals surface area contributed by atoms with Gasteiger partial charge in [-0.3, -0.25) is 9.35 Å². The molecule has 7 nitrogen and oxygen atoms in total. The second-order valence-electron chi connectivity index (χ2n) is 9.18. The molecule has 2 rings (SSSR count). The summed E-state index contributed by atoms with van der Waals surface area (Å²) in [5.41, 5.74) is -6.75. The standard InChI is InChI=1S/C20H26F6O7S/c1-12(2)16(28)33-17(9-13-4-3-5-14(8-13)10-17)7-6-15(27)32-18(19(21,22)23,20(24,25)26)11-34(29,30)31/h13-14H,1,3-11H2,2H3,(H,29,30,31). The van der Waals surface area contributed by atoms with Gasteiger partial charge in [-0.2, -0.15) is 34.8 Å². The fourth-order valence-electron chi connectivity index (χ4n) is 4.83. The van der Waals surface area contributed by atoms with E-state index < -0.39 is 64.2 Å². The summed E-state index contributed by atoms with van der Waals surface area (Å²) in [6.07, 6.45) is -10.3. The first-order valence-corrected chi connectivity index (χ1v) is 12.1. The molecule has 196 valence electrons. The quantitative estimate of drug-likeness (QED) is 0.215. The Morgan fingerprint density at radius 3 is 1.97 bits per heavy atom. The van der Waals surface area contributed by atoms with Gasteiger partial charge in [0, 0.05) is 12.0 Å². The van der Waals surface area contributed by atoms with Gasteiger partial charge in [0.1, 0.15) is 11.4 Å². The molecule has 0 aromatic carbocycles. The van der Waals surface area contributed by atoms with Gasteiger partial charge < -0.3 is 9.47 Å². The van der Waals surface area contributed by atoms with Gasteiger partial charge >= 0.3 is 29.9 Å². The number of ether oxygens (including phenoxy) is 2. The molecule has 2 aliphatic carbocycles. The summed E-state index contributed by atoms with van der Waals surface area (Å²) in [6, 6.07) is 0. The van der Waals surface area contributed by atoms with Crippen molar-refractivity contribution in [2.75, 3.05) is 5.75 Å². The van der Waals surface area contributed by atoms with Crippen molar-refractivity contribution in [3.63, 3.8) is 0 Å². The fraction of sp³-hybridized carbons (Fsp3) is 0.800. The van der Waals surface area contributed by atoms with Crippen molar-refractivity contribution < 1.29 is 58.4 Å². The Bertz CT molecular complexity index is 883. The number of hydrogen-bond acceptors (Lipinski definition) is 6. The van der Waals surface area contributed by atoms with Crippen LogP contribution in [0.25, 0.3) is 0 Å². The molecule has 34 heavy (non-hydrogen) atoms. The smallest absolute Gasteiger partial charge is 0.438 e. The van der Waals surface area contributed by atoms with E-state index in [1.807, 2.05) is 0 Å². The van der Waals surface area contributed by atoms with Crippen LogP contribution in [0.2, 0.25) is 0 Å². The molecule has 14 heteroatoms. The highest BCUT2D eigenvalue weighted by Crippen LogP contribution is 2.49. The molecule has 0 saturated heterocycles. The van der Waals surface area contributed by atoms with E-state index in [4.69, 9.17) is 9.29 Å². The number of carbonyl (C=O) groups is 2. The van der Waals surface area contributed by atoms with Crippen LogP contribution in [0.4, 0.5) is 26.3 Å². The zero-order valence-electron chi connectivity index (χ0n) is 18.3. The van der Waals surface area contributed by atoms with Crippen LogP contribution in [-0.4, -0.2) is 54.2 Å². The molecule has 0 aromatic rings. The fourth-order valence-corrected chi connectivity index (χ4v) is 5.73. The number of hydrogen-bond donors (Lipinski definition) is 1. The minimum atomic E-state index is -6.40. The van der Waals surface area contributed by atoms with Crippen LogP contribution in [-0.2, 0) is 29.2 Å². The Labute approximate surface area is 192 Å². The minimum Gasteiger partial charge on any atom is -0.456 e. The zero-order valence-corrected chi connectivity index (χ0v) is 19.1. The van der Waals surface area contributed by atoms with Crippen molar-refractivity contribution in [1.82, 2.24) is 0 Å². The molecule has 0 radical (unpaired) electrons. The molecular formula is C20H26F6O7S. The lowest BCUT2D eigenvalue weighted by atomic mass is 9.65. The van der Waals surface area contributed by atoms with E-state index in [1.54, 1.807) is 0 Å². The maximum Gasteiger partial charge on any atom is 0.438 e. The van der Waals surface area contributed by atoms with Crippen molar-refractivity contribution in [1.29, 1.82) is 0 Å². The van der Waals surface area contributed by atoms with Crippen LogP contribution >= 0.6 is 0 Å². The molecular weight excluding hydrogens is 498 g/mol. The van der Waals surface area contributed by atoms with Crippen molar-refractivity contribution >= 4 is 22.1 Å². The van der Waals surface area contributed by atoms with E-state index >= 15 is 0 Å². The summed E-state index contributed by atoms with van der Waals surface area (Å²) >= 11 is 0. The molecule has 0 spiro atoms. The molecule has 2 unspecified atom stereocenters. The molecule has 2 atom stereocenters. The van der Waals surface area contributed by atoms with E-state index in [0.29, 0.717) is 0 Å². The highest BCUT2D eigenvalue weighted by atomic mass is 32.2. The summed E-state index contributed by atoms with van der Waals surface area (Å²) in [7, 11) is -5.87. The van der Waals surface area contributed by atoms with E-state index in [9.17, 15) is 44.3 Å². The Kier molecular flexibility index (Phi) is 8.08. The van der Waals surface area contributed by atoms with Crippen LogP contribution in [0.5, 0.6) is 0 Å². The van der Waals surface area contributed by atoms with Crippen LogP contribution in [0.1, 0.15) is 58.3 Å². The van der Waals surface area contributed by atoms with Gasteiger partial charge in [-0.25, -0.2) is 4.79 Å². The minimum absolute atomic E-state index is 0.0268. The lowest BCUT2D eigenvalue weighted by molar-refractivity contribution is -0.361. The molecule has 2 aliphatic rings. The van der Waals surface area contributed by atoms with E-state index in [2.05, 4.69) is 11.3 Å². The summed E-state index contributed by atoms with van der Waals surface area (Å²) in [5.74, 6) is -5.55. The van der Waals surface area contributed by atoms with Gasteiger partial charge in [0.05, 0.1) is 0 Å². The Balaban J connectivity index is 2.29. The number of halogens is 6. The Morgan fingerprint density at radius 2 is 1.56 bits per heavy atom. The number of fused-ring (bicyclic) bond motifs is 2. The second-order valence-corrected chi connectivity index (χ2v) is 10.6. The van der Waals surface area contributed by atoms with Crippen LogP contribution in [0.15, 0.2) is 12.2 Å². The lowest BCUT2D eigenvalue weighted by Crippen LogP contribution is -2.63. The normalized spacial score (nSPS) is 26.0. The molecule has 0 aromatic heterocycles. The molecule has 0 amide bonds. The summed E-state index contributed by atoms with van der Waals surface area (Å²) < 4.78 is 120. The molecule has 2 saturated carbocycles. The largest absolute Gasteiger partial charge is 0.456 e. The molecule has 0 aliphatic heterocycles. The third-order valence-electron chi connectivity index (χ3n) is 6.24. The predicted octanol–water partition coefficient (Wildman–Crippen LogP) is 4.52. The predicted molar refractivity (Wildman–Crippen MR) is 105 cm³/mol. The number of esters is 2. The topological polar surface area (TPSA) is 107 Å². The molecule has 2 fully saturated rings. The first kappa shape index (κ1) is 28.4. The van der Waals surface area contributed by atoms with Gasteiger partial charge in [0.15, 0.2) is 0 Å². The summed E-state index contributed by atoms with van der Waals surface area (Å²) in [4.78, 5) is 24.4. The summed E-state index contributed by atoms with van der Waals surface area (Å²) in [5, 5.41) is 0. The van der Waals surface area contributed by atoms with E-state index in [1.165, 1.54) is 6.92 Å². The van der Waals surface area contributed by atoms with Crippen LogP contribution in [0, 0.1) is 11.8 Å². The average molecular weight is 524 g/mol. The monoisotopic (exact) mass is 524 g/mol. The van der Waals surface area contributed by atoms with Crippen molar-refractivity contribution in [3.8, 4) is 0 Å². The van der Waals surface area contributed by atoms with Crippen LogP contribution < -0.4 is 0 Å². The van der Waals surface area contributed by atoms with Crippen molar-refractivity contribution in [3.05, 3.63) is 12.2 Å². The van der Waals surface area contributed by atoms with Gasteiger partial charge in [-0.15, -0.1) is 0 Å². The van der Waals surface area contributed by atoms with Crippen molar-refractivity contribution in [2.45, 2.75) is 81.8 Å². The summed E-state index contributed by atoms with van der Waals surface area (Å²) in [6.45, 7) is 4.82.